The minimum Gasteiger partial charge on any atom is -0.508 e. The summed E-state index contributed by atoms with van der Waals surface area (Å²) in [6, 6.07) is 10.0. The molecule has 3 aromatic rings. The topological polar surface area (TPSA) is 98.0 Å². The highest BCUT2D eigenvalue weighted by Crippen LogP contribution is 2.27. The van der Waals surface area contributed by atoms with Crippen LogP contribution in [-0.2, 0) is 20.7 Å². The molecule has 0 fully saturated rings. The van der Waals surface area contributed by atoms with E-state index in [1.165, 1.54) is 32.4 Å². The lowest BCUT2D eigenvalue weighted by Gasteiger charge is -2.15. The molecule has 0 spiro atoms. The van der Waals surface area contributed by atoms with Crippen molar-refractivity contribution in [3.05, 3.63) is 53.8 Å². The molecule has 0 aliphatic heterocycles. The van der Waals surface area contributed by atoms with Crippen molar-refractivity contribution in [3.8, 4) is 11.5 Å². The first-order valence-electron chi connectivity index (χ1n) is 8.71. The number of rotatable bonds is 6. The van der Waals surface area contributed by atoms with Gasteiger partial charge in [0.15, 0.2) is 6.10 Å². The highest BCUT2D eigenvalue weighted by Gasteiger charge is 2.20. The van der Waals surface area contributed by atoms with Crippen LogP contribution in [0, 0.1) is 6.92 Å². The zero-order chi connectivity index (χ0) is 20.3. The SMILES string of the molecule is COc1ccc(C)cc1NC(=O)[C@@H](C)OC(=O)Cc1coc2cc(O)ccc12. The molecule has 28 heavy (non-hydrogen) atoms. The molecular formula is C21H21NO6. The van der Waals surface area contributed by atoms with E-state index in [-0.39, 0.29) is 12.2 Å². The summed E-state index contributed by atoms with van der Waals surface area (Å²) in [7, 11) is 1.51. The summed E-state index contributed by atoms with van der Waals surface area (Å²) in [5.74, 6) is -0.424. The summed E-state index contributed by atoms with van der Waals surface area (Å²) >= 11 is 0. The molecule has 1 amide bonds. The second kappa shape index (κ2) is 8.04. The van der Waals surface area contributed by atoms with Crippen LogP contribution in [0.25, 0.3) is 11.0 Å². The Morgan fingerprint density at radius 1 is 1.21 bits per heavy atom. The lowest BCUT2D eigenvalue weighted by molar-refractivity contribution is -0.152. The monoisotopic (exact) mass is 383 g/mol. The van der Waals surface area contributed by atoms with Crippen LogP contribution in [-0.4, -0.2) is 30.2 Å². The van der Waals surface area contributed by atoms with E-state index in [2.05, 4.69) is 5.32 Å². The quantitative estimate of drug-likeness (QED) is 0.632. The molecule has 1 atom stereocenters. The zero-order valence-electron chi connectivity index (χ0n) is 15.8. The van der Waals surface area contributed by atoms with Gasteiger partial charge in [0.05, 0.1) is 25.5 Å². The van der Waals surface area contributed by atoms with Gasteiger partial charge in [-0.1, -0.05) is 6.07 Å². The number of carbonyl (C=O) groups is 2. The molecule has 0 unspecified atom stereocenters. The Labute approximate surface area is 161 Å². The van der Waals surface area contributed by atoms with E-state index >= 15 is 0 Å². The minimum atomic E-state index is -0.986. The Morgan fingerprint density at radius 3 is 2.75 bits per heavy atom. The van der Waals surface area contributed by atoms with Crippen molar-refractivity contribution in [2.75, 3.05) is 12.4 Å². The average molecular weight is 383 g/mol. The third-order valence-corrected chi connectivity index (χ3v) is 4.26. The number of hydrogen-bond donors (Lipinski definition) is 2. The number of amides is 1. The van der Waals surface area contributed by atoms with Gasteiger partial charge in [0.25, 0.3) is 5.91 Å². The number of aromatic hydroxyl groups is 1. The summed E-state index contributed by atoms with van der Waals surface area (Å²) in [6.45, 7) is 3.40. The highest BCUT2D eigenvalue weighted by atomic mass is 16.5. The molecule has 2 N–H and O–H groups in total. The van der Waals surface area contributed by atoms with Gasteiger partial charge >= 0.3 is 5.97 Å². The number of ether oxygens (including phenoxy) is 2. The number of carbonyl (C=O) groups excluding carboxylic acids is 2. The number of esters is 1. The van der Waals surface area contributed by atoms with Gasteiger partial charge in [-0.15, -0.1) is 0 Å². The molecule has 7 nitrogen and oxygen atoms in total. The summed E-state index contributed by atoms with van der Waals surface area (Å²) in [6.07, 6.45) is 0.400. The molecule has 1 heterocycles. The molecular weight excluding hydrogens is 362 g/mol. The summed E-state index contributed by atoms with van der Waals surface area (Å²) < 4.78 is 15.8. The maximum atomic E-state index is 12.4. The zero-order valence-corrected chi connectivity index (χ0v) is 15.8. The van der Waals surface area contributed by atoms with Crippen molar-refractivity contribution < 1.29 is 28.6 Å². The van der Waals surface area contributed by atoms with E-state index in [1.807, 2.05) is 13.0 Å². The number of anilines is 1. The van der Waals surface area contributed by atoms with Crippen LogP contribution < -0.4 is 10.1 Å². The maximum Gasteiger partial charge on any atom is 0.311 e. The minimum absolute atomic E-state index is 0.0524. The van der Waals surface area contributed by atoms with E-state index in [9.17, 15) is 14.7 Å². The molecule has 0 saturated carbocycles. The van der Waals surface area contributed by atoms with Gasteiger partial charge in [0.1, 0.15) is 17.1 Å². The number of aryl methyl sites for hydroxylation is 1. The van der Waals surface area contributed by atoms with Crippen molar-refractivity contribution in [2.45, 2.75) is 26.4 Å². The number of hydrogen-bond acceptors (Lipinski definition) is 6. The first-order chi connectivity index (χ1) is 13.4. The standard InChI is InChI=1S/C21H21NO6/c1-12-4-7-18(26-3)17(8-12)22-21(25)13(2)28-20(24)9-14-11-27-19-10-15(23)5-6-16(14)19/h4-8,10-11,13,23H,9H2,1-3H3,(H,22,25)/t13-/m1/s1. The fraction of sp³-hybridized carbons (Fsp3) is 0.238. The van der Waals surface area contributed by atoms with Crippen molar-refractivity contribution in [1.82, 2.24) is 0 Å². The fourth-order valence-corrected chi connectivity index (χ4v) is 2.81. The van der Waals surface area contributed by atoms with Gasteiger partial charge < -0.3 is 24.3 Å². The average Bonchev–Trinajstić information content (AvgIpc) is 3.03. The molecule has 146 valence electrons. The number of nitrogens with one attached hydrogen (secondary N) is 1. The first kappa shape index (κ1) is 19.3. The van der Waals surface area contributed by atoms with Crippen LogP contribution in [0.15, 0.2) is 47.1 Å². The van der Waals surface area contributed by atoms with Crippen molar-refractivity contribution in [3.63, 3.8) is 0 Å². The second-order valence-corrected chi connectivity index (χ2v) is 6.44. The Morgan fingerprint density at radius 2 is 2.00 bits per heavy atom. The lowest BCUT2D eigenvalue weighted by atomic mass is 10.1. The normalized spacial score (nSPS) is 11.8. The molecule has 7 heteroatoms. The van der Waals surface area contributed by atoms with Gasteiger partial charge in [0.2, 0.25) is 0 Å². The van der Waals surface area contributed by atoms with Crippen LogP contribution in [0.1, 0.15) is 18.1 Å². The third kappa shape index (κ3) is 4.25. The van der Waals surface area contributed by atoms with Crippen molar-refractivity contribution in [2.24, 2.45) is 0 Å². The molecule has 3 rings (SSSR count). The van der Waals surface area contributed by atoms with Crippen LogP contribution in [0.3, 0.4) is 0 Å². The largest absolute Gasteiger partial charge is 0.508 e. The van der Waals surface area contributed by atoms with Crippen molar-refractivity contribution >= 4 is 28.5 Å². The Hall–Kier alpha value is -3.48. The Kier molecular flexibility index (Phi) is 5.54. The molecule has 2 aromatic carbocycles. The highest BCUT2D eigenvalue weighted by molar-refractivity contribution is 5.96. The van der Waals surface area contributed by atoms with E-state index in [1.54, 1.807) is 18.2 Å². The predicted octanol–water partition coefficient (Wildman–Crippen LogP) is 3.57. The summed E-state index contributed by atoms with van der Waals surface area (Å²) in [4.78, 5) is 24.6. The van der Waals surface area contributed by atoms with Gasteiger partial charge in [-0.25, -0.2) is 0 Å². The van der Waals surface area contributed by atoms with Crippen LogP contribution in [0.2, 0.25) is 0 Å². The van der Waals surface area contributed by atoms with E-state index in [4.69, 9.17) is 13.9 Å². The number of phenolic OH excluding ortho intramolecular Hbond substituents is 1. The van der Waals surface area contributed by atoms with Crippen molar-refractivity contribution in [1.29, 1.82) is 0 Å². The smallest absolute Gasteiger partial charge is 0.311 e. The Balaban J connectivity index is 1.63. The van der Waals surface area contributed by atoms with Crippen LogP contribution in [0.5, 0.6) is 11.5 Å². The number of fused-ring (bicyclic) bond motifs is 1. The number of phenols is 1. The van der Waals surface area contributed by atoms with Gasteiger partial charge in [-0.05, 0) is 43.7 Å². The molecule has 1 aromatic heterocycles. The van der Waals surface area contributed by atoms with E-state index < -0.39 is 18.0 Å². The molecule has 0 bridgehead atoms. The predicted molar refractivity (Wildman–Crippen MR) is 103 cm³/mol. The lowest BCUT2D eigenvalue weighted by Crippen LogP contribution is -2.30. The van der Waals surface area contributed by atoms with E-state index in [0.717, 1.165) is 5.56 Å². The number of furan rings is 1. The second-order valence-electron chi connectivity index (χ2n) is 6.44. The third-order valence-electron chi connectivity index (χ3n) is 4.26. The van der Waals surface area contributed by atoms with E-state index in [0.29, 0.717) is 28.0 Å². The van der Waals surface area contributed by atoms with Gasteiger partial charge in [0, 0.05) is 17.0 Å². The molecule has 0 aliphatic carbocycles. The molecule has 0 aliphatic rings. The molecule has 0 radical (unpaired) electrons. The van der Waals surface area contributed by atoms with Gasteiger partial charge in [-0.3, -0.25) is 9.59 Å². The fourth-order valence-electron chi connectivity index (χ4n) is 2.81. The number of methoxy groups -OCH3 is 1. The summed E-state index contributed by atoms with van der Waals surface area (Å²) in [5.41, 5.74) is 2.56. The Bertz CT molecular complexity index is 1020. The summed E-state index contributed by atoms with van der Waals surface area (Å²) in [5, 5.41) is 12.9. The molecule has 0 saturated heterocycles. The van der Waals surface area contributed by atoms with Crippen LogP contribution >= 0.6 is 0 Å². The number of benzene rings is 2. The van der Waals surface area contributed by atoms with Crippen LogP contribution in [0.4, 0.5) is 5.69 Å². The first-order valence-corrected chi connectivity index (χ1v) is 8.71. The van der Waals surface area contributed by atoms with Gasteiger partial charge in [-0.2, -0.15) is 0 Å². The maximum absolute atomic E-state index is 12.4.